The lowest BCUT2D eigenvalue weighted by molar-refractivity contribution is -0.524. The number of nitrogens with one attached hydrogen (secondary N) is 3. The van der Waals surface area contributed by atoms with Gasteiger partial charge in [0.25, 0.3) is 6.04 Å². The van der Waals surface area contributed by atoms with Gasteiger partial charge in [0.15, 0.2) is 11.9 Å². The molecule has 2 saturated heterocycles. The van der Waals surface area contributed by atoms with E-state index in [0.29, 0.717) is 48.4 Å². The number of carbonyl (C=O) groups is 1. The molecule has 0 saturated carbocycles. The highest BCUT2D eigenvalue weighted by atomic mass is 35.5. The smallest absolute Gasteiger partial charge is 0.263 e. The molecule has 0 aliphatic carbocycles. The van der Waals surface area contributed by atoms with Crippen molar-refractivity contribution < 1.29 is 14.5 Å². The number of pyridine rings is 1. The molecule has 3 N–H and O–H groups in total. The van der Waals surface area contributed by atoms with Gasteiger partial charge in [-0.2, -0.15) is 0 Å². The summed E-state index contributed by atoms with van der Waals surface area (Å²) in [7, 11) is 0. The van der Waals surface area contributed by atoms with Crippen LogP contribution in [0.1, 0.15) is 22.8 Å². The molecule has 11 heteroatoms. The van der Waals surface area contributed by atoms with Gasteiger partial charge in [0.05, 0.1) is 35.5 Å². The van der Waals surface area contributed by atoms with Crippen LogP contribution < -0.4 is 21.1 Å². The topological polar surface area (TPSA) is 122 Å². The third-order valence-electron chi connectivity index (χ3n) is 5.46. The molecule has 10 nitrogen and oxygen atoms in total. The summed E-state index contributed by atoms with van der Waals surface area (Å²) < 4.78 is 5.40. The first-order valence-corrected chi connectivity index (χ1v) is 10.4. The van der Waals surface area contributed by atoms with E-state index < -0.39 is 18.2 Å². The summed E-state index contributed by atoms with van der Waals surface area (Å²) in [5.41, 5.74) is 6.86. The highest BCUT2D eigenvalue weighted by Gasteiger charge is 2.43. The fourth-order valence-electron chi connectivity index (χ4n) is 3.77. The van der Waals surface area contributed by atoms with Gasteiger partial charge in [0, 0.05) is 35.8 Å². The average Bonchev–Trinajstić information content (AvgIpc) is 3.14. The van der Waals surface area contributed by atoms with Crippen LogP contribution in [0.25, 0.3) is 0 Å². The minimum Gasteiger partial charge on any atom is -0.378 e. The van der Waals surface area contributed by atoms with Crippen LogP contribution in [-0.4, -0.2) is 60.2 Å². The number of ketones is 1. The van der Waals surface area contributed by atoms with Crippen LogP contribution >= 0.6 is 11.6 Å². The van der Waals surface area contributed by atoms with Gasteiger partial charge in [0.2, 0.25) is 0 Å². The fourth-order valence-corrected chi connectivity index (χ4v) is 4.00. The summed E-state index contributed by atoms with van der Waals surface area (Å²) >= 11 is 6.23. The monoisotopic (exact) mass is 446 g/mol. The number of anilines is 2. The van der Waals surface area contributed by atoms with Crippen LogP contribution in [0.3, 0.4) is 0 Å². The highest BCUT2D eigenvalue weighted by Crippen LogP contribution is 2.28. The Balaban J connectivity index is 1.71. The van der Waals surface area contributed by atoms with Crippen molar-refractivity contribution in [2.45, 2.75) is 25.2 Å². The van der Waals surface area contributed by atoms with Crippen LogP contribution in [0.5, 0.6) is 0 Å². The van der Waals surface area contributed by atoms with Gasteiger partial charge in [-0.15, -0.1) is 0 Å². The van der Waals surface area contributed by atoms with Crippen molar-refractivity contribution in [2.75, 3.05) is 36.5 Å². The first-order valence-electron chi connectivity index (χ1n) is 9.99. The first-order chi connectivity index (χ1) is 15.0. The van der Waals surface area contributed by atoms with E-state index in [-0.39, 0.29) is 16.3 Å². The van der Waals surface area contributed by atoms with Gasteiger partial charge < -0.3 is 15.0 Å². The fraction of sp³-hybridized carbons (Fsp3) is 0.400. The third kappa shape index (κ3) is 4.47. The van der Waals surface area contributed by atoms with Crippen LogP contribution in [-0.2, 0) is 4.74 Å². The average molecular weight is 447 g/mol. The van der Waals surface area contributed by atoms with Crippen molar-refractivity contribution in [3.8, 4) is 0 Å². The number of hydrogen-bond acceptors (Lipinski definition) is 9. The van der Waals surface area contributed by atoms with Crippen molar-refractivity contribution in [3.05, 3.63) is 62.8 Å². The SMILES string of the molecule is CC1NNC(Nc2cc(N3CCOCC3)ncc2C(=O)c2ccccc2Cl)C1[N+](=O)[O-]. The molecule has 2 aliphatic heterocycles. The lowest BCUT2D eigenvalue weighted by Gasteiger charge is -2.29. The number of aromatic nitrogens is 1. The molecule has 0 spiro atoms. The number of rotatable bonds is 6. The maximum Gasteiger partial charge on any atom is 0.263 e. The molecule has 2 aliphatic rings. The highest BCUT2D eigenvalue weighted by molar-refractivity contribution is 6.35. The van der Waals surface area contributed by atoms with Crippen LogP contribution in [0, 0.1) is 10.1 Å². The van der Waals surface area contributed by atoms with E-state index in [0.717, 1.165) is 0 Å². The molecular formula is C20H23ClN6O4. The van der Waals surface area contributed by atoms with Gasteiger partial charge in [-0.3, -0.25) is 14.9 Å². The lowest BCUT2D eigenvalue weighted by Crippen LogP contribution is -2.44. The Morgan fingerprint density at radius 3 is 2.74 bits per heavy atom. The molecule has 0 radical (unpaired) electrons. The van der Waals surface area contributed by atoms with Gasteiger partial charge in [0.1, 0.15) is 5.82 Å². The second kappa shape index (κ2) is 9.15. The number of hydrogen-bond donors (Lipinski definition) is 3. The molecule has 1 aromatic heterocycles. The molecule has 2 aromatic rings. The summed E-state index contributed by atoms with van der Waals surface area (Å²) in [5, 5.41) is 15.0. The molecular weight excluding hydrogens is 424 g/mol. The number of morpholine rings is 1. The largest absolute Gasteiger partial charge is 0.378 e. The van der Waals surface area contributed by atoms with Crippen molar-refractivity contribution >= 4 is 28.9 Å². The minimum atomic E-state index is -0.928. The Labute approximate surface area is 184 Å². The zero-order valence-corrected chi connectivity index (χ0v) is 17.6. The molecule has 0 amide bonds. The Morgan fingerprint density at radius 2 is 2.03 bits per heavy atom. The van der Waals surface area contributed by atoms with Crippen LogP contribution in [0.2, 0.25) is 5.02 Å². The van der Waals surface area contributed by atoms with Crippen LogP contribution in [0.15, 0.2) is 36.5 Å². The maximum absolute atomic E-state index is 13.3. The summed E-state index contributed by atoms with van der Waals surface area (Å²) in [6, 6.07) is 7.19. The van der Waals surface area contributed by atoms with E-state index in [4.69, 9.17) is 16.3 Å². The number of carbonyl (C=O) groups excluding carboxylic acids is 1. The molecule has 3 unspecified atom stereocenters. The zero-order chi connectivity index (χ0) is 22.0. The molecule has 2 fully saturated rings. The second-order valence-electron chi connectivity index (χ2n) is 7.47. The van der Waals surface area contributed by atoms with Gasteiger partial charge in [-0.25, -0.2) is 15.8 Å². The van der Waals surface area contributed by atoms with E-state index >= 15 is 0 Å². The summed E-state index contributed by atoms with van der Waals surface area (Å²) in [4.78, 5) is 31.0. The first kappa shape index (κ1) is 21.4. The van der Waals surface area contributed by atoms with E-state index in [1.165, 1.54) is 6.20 Å². The molecule has 31 heavy (non-hydrogen) atoms. The maximum atomic E-state index is 13.3. The molecule has 3 atom stereocenters. The normalized spacial score (nSPS) is 23.5. The van der Waals surface area contributed by atoms with Crippen molar-refractivity contribution in [1.29, 1.82) is 0 Å². The van der Waals surface area contributed by atoms with Crippen LogP contribution in [0.4, 0.5) is 11.5 Å². The second-order valence-corrected chi connectivity index (χ2v) is 7.88. The summed E-state index contributed by atoms with van der Waals surface area (Å²) in [5.74, 6) is 0.351. The molecule has 164 valence electrons. The number of nitrogens with zero attached hydrogens (tertiary/aromatic N) is 3. The van der Waals surface area contributed by atoms with Crippen molar-refractivity contribution in [2.24, 2.45) is 0 Å². The Kier molecular flexibility index (Phi) is 6.33. The molecule has 0 bridgehead atoms. The Bertz CT molecular complexity index is 984. The van der Waals surface area contributed by atoms with Crippen molar-refractivity contribution in [1.82, 2.24) is 15.8 Å². The molecule has 1 aromatic carbocycles. The van der Waals surface area contributed by atoms with Gasteiger partial charge in [-0.1, -0.05) is 23.7 Å². The number of hydrazine groups is 1. The minimum absolute atomic E-state index is 0.286. The number of ether oxygens (including phenoxy) is 1. The zero-order valence-electron chi connectivity index (χ0n) is 16.9. The summed E-state index contributed by atoms with van der Waals surface area (Å²) in [6.07, 6.45) is 0.772. The predicted molar refractivity (Wildman–Crippen MR) is 116 cm³/mol. The Hall–Kier alpha value is -2.79. The van der Waals surface area contributed by atoms with Gasteiger partial charge >= 0.3 is 0 Å². The Morgan fingerprint density at radius 1 is 1.29 bits per heavy atom. The van der Waals surface area contributed by atoms with E-state index in [9.17, 15) is 14.9 Å². The number of benzene rings is 1. The number of nitro groups is 1. The molecule has 3 heterocycles. The standard InChI is InChI=1S/C20H23ClN6O4/c1-12-18(27(29)30)20(25-24-12)23-16-10-17(26-6-8-31-9-7-26)22-11-14(16)19(28)13-4-2-3-5-15(13)21/h2-5,10-12,18,20,24-25H,6-9H2,1H3,(H,22,23). The van der Waals surface area contributed by atoms with E-state index in [1.54, 1.807) is 37.3 Å². The molecule has 4 rings (SSSR count). The summed E-state index contributed by atoms with van der Waals surface area (Å²) in [6.45, 7) is 4.23. The van der Waals surface area contributed by atoms with Crippen molar-refractivity contribution in [3.63, 3.8) is 0 Å². The lowest BCUT2D eigenvalue weighted by atomic mass is 10.0. The quantitative estimate of drug-likeness (QED) is 0.345. The number of halogens is 1. The van der Waals surface area contributed by atoms with E-state index in [2.05, 4.69) is 21.2 Å². The predicted octanol–water partition coefficient (Wildman–Crippen LogP) is 1.68. The van der Waals surface area contributed by atoms with Gasteiger partial charge in [-0.05, 0) is 19.1 Å². The van der Waals surface area contributed by atoms with E-state index in [1.807, 2.05) is 4.90 Å². The third-order valence-corrected chi connectivity index (χ3v) is 5.79.